The van der Waals surface area contributed by atoms with Crippen LogP contribution in [-0.4, -0.2) is 19.0 Å². The Balaban J connectivity index is 1.42. The highest BCUT2D eigenvalue weighted by atomic mass is 35.5. The minimum absolute atomic E-state index is 0.225. The molecule has 0 aromatic carbocycles. The van der Waals surface area contributed by atoms with Crippen LogP contribution in [-0.2, 0) is 11.2 Å². The number of hydrogen-bond acceptors (Lipinski definition) is 3. The number of rotatable bonds is 5. The number of aryl methyl sites for hydroxylation is 1. The van der Waals surface area contributed by atoms with Gasteiger partial charge in [0.05, 0.1) is 4.34 Å². The van der Waals surface area contributed by atoms with E-state index in [4.69, 9.17) is 11.6 Å². The zero-order valence-electron chi connectivity index (χ0n) is 10.2. The number of carbonyl (C=O) groups excluding carboxylic acids is 1. The number of hydrogen-bond donors (Lipinski definition) is 2. The maximum Gasteiger partial charge on any atom is 0.223 e. The number of halogens is 1. The zero-order chi connectivity index (χ0) is 12.5. The first-order chi connectivity index (χ1) is 8.74. The van der Waals surface area contributed by atoms with Crippen molar-refractivity contribution in [3.8, 4) is 0 Å². The molecule has 0 spiro atoms. The van der Waals surface area contributed by atoms with Crippen molar-refractivity contribution in [1.82, 2.24) is 10.6 Å². The van der Waals surface area contributed by atoms with Gasteiger partial charge in [0, 0.05) is 29.9 Å². The molecule has 1 aromatic heterocycles. The first-order valence-corrected chi connectivity index (χ1v) is 7.72. The number of carbonyl (C=O) groups is 1. The minimum atomic E-state index is 0.225. The van der Waals surface area contributed by atoms with E-state index in [9.17, 15) is 4.79 Å². The second kappa shape index (κ2) is 5.19. The van der Waals surface area contributed by atoms with E-state index >= 15 is 0 Å². The van der Waals surface area contributed by atoms with Gasteiger partial charge in [-0.15, -0.1) is 11.3 Å². The lowest BCUT2D eigenvalue weighted by atomic mass is 10.2. The Labute approximate surface area is 116 Å². The first kappa shape index (κ1) is 12.5. The van der Waals surface area contributed by atoms with Crippen LogP contribution in [0.2, 0.25) is 4.34 Å². The predicted octanol–water partition coefficient (Wildman–Crippen LogP) is 2.50. The molecule has 1 amide bonds. The summed E-state index contributed by atoms with van der Waals surface area (Å²) in [5, 5.41) is 6.47. The van der Waals surface area contributed by atoms with Crippen LogP contribution in [0.3, 0.4) is 0 Å². The van der Waals surface area contributed by atoms with Gasteiger partial charge in [0.25, 0.3) is 0 Å². The van der Waals surface area contributed by atoms with Gasteiger partial charge in [-0.25, -0.2) is 0 Å². The standard InChI is InChI=1S/C13H17ClN2OS/c14-12-7-9-10(3-4-11(9)18-12)15-5-6-16-13(17)8-1-2-8/h7-8,10,15H,1-6H2,(H,16,17). The maximum atomic E-state index is 11.4. The number of fused-ring (bicyclic) bond motifs is 1. The maximum absolute atomic E-state index is 11.4. The van der Waals surface area contributed by atoms with E-state index in [-0.39, 0.29) is 5.91 Å². The molecule has 1 heterocycles. The number of thiophene rings is 1. The number of nitrogens with one attached hydrogen (secondary N) is 2. The Hall–Kier alpha value is -0.580. The molecule has 0 bridgehead atoms. The zero-order valence-corrected chi connectivity index (χ0v) is 11.7. The van der Waals surface area contributed by atoms with Crippen LogP contribution in [0.25, 0.3) is 0 Å². The summed E-state index contributed by atoms with van der Waals surface area (Å²) in [6.07, 6.45) is 4.41. The third-order valence-corrected chi connectivity index (χ3v) is 4.95. The Bertz CT molecular complexity index is 456. The molecule has 2 aliphatic carbocycles. The fourth-order valence-electron chi connectivity index (χ4n) is 2.46. The van der Waals surface area contributed by atoms with Gasteiger partial charge < -0.3 is 10.6 Å². The molecule has 0 radical (unpaired) electrons. The monoisotopic (exact) mass is 284 g/mol. The van der Waals surface area contributed by atoms with Crippen LogP contribution < -0.4 is 10.6 Å². The largest absolute Gasteiger partial charge is 0.355 e. The molecule has 2 N–H and O–H groups in total. The molecule has 3 nitrogen and oxygen atoms in total. The predicted molar refractivity (Wildman–Crippen MR) is 74.1 cm³/mol. The van der Waals surface area contributed by atoms with E-state index in [1.54, 1.807) is 11.3 Å². The number of amides is 1. The van der Waals surface area contributed by atoms with Gasteiger partial charge in [0.1, 0.15) is 0 Å². The Morgan fingerprint density at radius 3 is 3.00 bits per heavy atom. The summed E-state index contributed by atoms with van der Waals surface area (Å²) in [5.74, 6) is 0.529. The molecule has 98 valence electrons. The van der Waals surface area contributed by atoms with E-state index in [0.29, 0.717) is 12.0 Å². The molecule has 18 heavy (non-hydrogen) atoms. The van der Waals surface area contributed by atoms with E-state index in [2.05, 4.69) is 16.7 Å². The summed E-state index contributed by atoms with van der Waals surface area (Å²) in [5.41, 5.74) is 1.36. The molecule has 1 saturated carbocycles. The molecule has 1 unspecified atom stereocenters. The average Bonchev–Trinajstić information content (AvgIpc) is 3.04. The average molecular weight is 285 g/mol. The van der Waals surface area contributed by atoms with Crippen LogP contribution in [0.1, 0.15) is 35.7 Å². The third kappa shape index (κ3) is 2.71. The molecule has 0 saturated heterocycles. The first-order valence-electron chi connectivity index (χ1n) is 6.53. The lowest BCUT2D eigenvalue weighted by Gasteiger charge is -2.13. The molecule has 3 rings (SSSR count). The summed E-state index contributed by atoms with van der Waals surface area (Å²) in [6.45, 7) is 1.55. The summed E-state index contributed by atoms with van der Waals surface area (Å²) >= 11 is 7.71. The van der Waals surface area contributed by atoms with Gasteiger partial charge in [-0.1, -0.05) is 11.6 Å². The molecule has 5 heteroatoms. The second-order valence-corrected chi connectivity index (χ2v) is 6.81. The Morgan fingerprint density at radius 1 is 1.39 bits per heavy atom. The summed E-state index contributed by atoms with van der Waals surface area (Å²) in [6, 6.07) is 2.50. The van der Waals surface area contributed by atoms with Gasteiger partial charge >= 0.3 is 0 Å². The summed E-state index contributed by atoms with van der Waals surface area (Å²) in [7, 11) is 0. The van der Waals surface area contributed by atoms with Crippen molar-refractivity contribution in [3.05, 3.63) is 20.8 Å². The lowest BCUT2D eigenvalue weighted by molar-refractivity contribution is -0.122. The summed E-state index contributed by atoms with van der Waals surface area (Å²) in [4.78, 5) is 12.9. The van der Waals surface area contributed by atoms with Crippen molar-refractivity contribution in [2.75, 3.05) is 13.1 Å². The van der Waals surface area contributed by atoms with Crippen LogP contribution in [0.5, 0.6) is 0 Å². The second-order valence-electron chi connectivity index (χ2n) is 5.04. The van der Waals surface area contributed by atoms with E-state index in [0.717, 1.165) is 43.1 Å². The van der Waals surface area contributed by atoms with Crippen molar-refractivity contribution in [1.29, 1.82) is 0 Å². The minimum Gasteiger partial charge on any atom is -0.355 e. The normalized spacial score (nSPS) is 21.9. The van der Waals surface area contributed by atoms with Gasteiger partial charge in [-0.05, 0) is 37.3 Å². The van der Waals surface area contributed by atoms with Crippen LogP contribution in [0.4, 0.5) is 0 Å². The van der Waals surface area contributed by atoms with Crippen molar-refractivity contribution >= 4 is 28.8 Å². The lowest BCUT2D eigenvalue weighted by Crippen LogP contribution is -2.33. The van der Waals surface area contributed by atoms with E-state index < -0.39 is 0 Å². The fourth-order valence-corrected chi connectivity index (χ4v) is 3.82. The van der Waals surface area contributed by atoms with Crippen molar-refractivity contribution in [2.24, 2.45) is 5.92 Å². The van der Waals surface area contributed by atoms with E-state index in [1.807, 2.05) is 0 Å². The topological polar surface area (TPSA) is 41.1 Å². The fraction of sp³-hybridized carbons (Fsp3) is 0.615. The highest BCUT2D eigenvalue weighted by Gasteiger charge is 2.29. The molecule has 0 aliphatic heterocycles. The van der Waals surface area contributed by atoms with E-state index in [1.165, 1.54) is 10.4 Å². The molecular weight excluding hydrogens is 268 g/mol. The van der Waals surface area contributed by atoms with Crippen molar-refractivity contribution in [2.45, 2.75) is 31.7 Å². The smallest absolute Gasteiger partial charge is 0.223 e. The molecular formula is C13H17ClN2OS. The molecule has 1 aromatic rings. The van der Waals surface area contributed by atoms with Crippen LogP contribution in [0.15, 0.2) is 6.07 Å². The SMILES string of the molecule is O=C(NCCNC1CCc2sc(Cl)cc21)C1CC1. The highest BCUT2D eigenvalue weighted by Crippen LogP contribution is 2.39. The Morgan fingerprint density at radius 2 is 2.22 bits per heavy atom. The van der Waals surface area contributed by atoms with Gasteiger partial charge in [0.15, 0.2) is 0 Å². The van der Waals surface area contributed by atoms with Gasteiger partial charge in [0.2, 0.25) is 5.91 Å². The van der Waals surface area contributed by atoms with Gasteiger partial charge in [-0.2, -0.15) is 0 Å². The third-order valence-electron chi connectivity index (χ3n) is 3.61. The van der Waals surface area contributed by atoms with Crippen LogP contribution >= 0.6 is 22.9 Å². The van der Waals surface area contributed by atoms with Crippen molar-refractivity contribution < 1.29 is 4.79 Å². The molecule has 1 atom stereocenters. The van der Waals surface area contributed by atoms with Crippen molar-refractivity contribution in [3.63, 3.8) is 0 Å². The highest BCUT2D eigenvalue weighted by molar-refractivity contribution is 7.16. The quantitative estimate of drug-likeness (QED) is 0.816. The van der Waals surface area contributed by atoms with Gasteiger partial charge in [-0.3, -0.25) is 4.79 Å². The molecule has 1 fully saturated rings. The van der Waals surface area contributed by atoms with Crippen LogP contribution in [0, 0.1) is 5.92 Å². The molecule has 2 aliphatic rings. The summed E-state index contributed by atoms with van der Waals surface area (Å²) < 4.78 is 0.883. The Kier molecular flexibility index (Phi) is 3.59.